The molecule has 9 aromatic rings. The molecule has 3 nitrogen and oxygen atoms in total. The van der Waals surface area contributed by atoms with Gasteiger partial charge in [0.05, 0.1) is 6.54 Å². The number of fused-ring (bicyclic) bond motifs is 6. The van der Waals surface area contributed by atoms with Crippen LogP contribution in [0.5, 0.6) is 0 Å². The topological polar surface area (TPSA) is 51.5 Å². The fraction of sp³-hybridized carbons (Fsp3) is 0.0426. The SMILES string of the molecule is C(=NCc1ccccc1)c1cccc2oc3ccc(-c4cccc(-c5cc6ccccc6c6ccccc56)c4)cc3c12.NCc1ccccc1. The van der Waals surface area contributed by atoms with Crippen LogP contribution in [0.25, 0.3) is 65.7 Å². The van der Waals surface area contributed by atoms with Crippen LogP contribution in [0.2, 0.25) is 0 Å². The summed E-state index contributed by atoms with van der Waals surface area (Å²) in [5, 5.41) is 7.29. The summed E-state index contributed by atoms with van der Waals surface area (Å²) in [7, 11) is 0. The van der Waals surface area contributed by atoms with E-state index in [1.165, 1.54) is 49.4 Å². The quantitative estimate of drug-likeness (QED) is 0.145. The summed E-state index contributed by atoms with van der Waals surface area (Å²) in [4.78, 5) is 4.75. The number of hydrogen-bond acceptors (Lipinski definition) is 3. The van der Waals surface area contributed by atoms with Crippen molar-refractivity contribution in [3.8, 4) is 22.3 Å². The van der Waals surface area contributed by atoms with Crippen molar-refractivity contribution in [3.63, 3.8) is 0 Å². The Labute approximate surface area is 292 Å². The molecular weight excluding hydrogens is 609 g/mol. The van der Waals surface area contributed by atoms with Crippen molar-refractivity contribution in [2.24, 2.45) is 10.7 Å². The Morgan fingerprint density at radius 1 is 0.480 bits per heavy atom. The van der Waals surface area contributed by atoms with Gasteiger partial charge in [0, 0.05) is 29.1 Å². The standard InChI is InChI=1S/C40H27NO.C7H9N/c1-2-10-27(11-3-1)25-41-26-32-15-9-19-39-40(32)37-23-29(20-21-38(37)42-39)28-13-8-14-30(22-28)36-24-31-12-4-5-16-33(31)34-17-6-7-18-35(34)36;8-6-7-4-2-1-3-5-7/h1-24,26H,25H2;1-5H,6,8H2. The first kappa shape index (κ1) is 31.0. The minimum Gasteiger partial charge on any atom is -0.456 e. The normalized spacial score (nSPS) is 11.4. The van der Waals surface area contributed by atoms with E-state index in [4.69, 9.17) is 15.1 Å². The third kappa shape index (κ3) is 6.30. The molecule has 0 unspecified atom stereocenters. The highest BCUT2D eigenvalue weighted by molar-refractivity contribution is 6.15. The van der Waals surface area contributed by atoms with Crippen molar-refractivity contribution >= 4 is 49.7 Å². The van der Waals surface area contributed by atoms with Gasteiger partial charge in [0.15, 0.2) is 0 Å². The van der Waals surface area contributed by atoms with E-state index in [9.17, 15) is 0 Å². The Hall–Kier alpha value is -6.29. The molecular formula is C47H36N2O. The number of nitrogens with zero attached hydrogens (tertiary/aromatic N) is 1. The lowest BCUT2D eigenvalue weighted by atomic mass is 9.91. The van der Waals surface area contributed by atoms with Crippen molar-refractivity contribution < 1.29 is 4.42 Å². The zero-order valence-electron chi connectivity index (χ0n) is 27.7. The van der Waals surface area contributed by atoms with Gasteiger partial charge in [-0.2, -0.15) is 0 Å². The predicted octanol–water partition coefficient (Wildman–Crippen LogP) is 12.0. The Morgan fingerprint density at radius 2 is 1.14 bits per heavy atom. The molecule has 0 fully saturated rings. The average Bonchev–Trinajstić information content (AvgIpc) is 3.57. The molecule has 1 aromatic heterocycles. The zero-order chi connectivity index (χ0) is 33.7. The summed E-state index contributed by atoms with van der Waals surface area (Å²) in [6.45, 7) is 1.29. The second kappa shape index (κ2) is 14.1. The van der Waals surface area contributed by atoms with Gasteiger partial charge in [-0.05, 0) is 85.3 Å². The average molecular weight is 645 g/mol. The summed E-state index contributed by atoms with van der Waals surface area (Å²) >= 11 is 0. The number of benzene rings is 8. The fourth-order valence-electron chi connectivity index (χ4n) is 6.75. The molecule has 0 aliphatic heterocycles. The van der Waals surface area contributed by atoms with Crippen LogP contribution < -0.4 is 5.73 Å². The van der Waals surface area contributed by atoms with Gasteiger partial charge in [-0.25, -0.2) is 0 Å². The second-order valence-corrected chi connectivity index (χ2v) is 12.5. The Morgan fingerprint density at radius 3 is 1.92 bits per heavy atom. The fourth-order valence-corrected chi connectivity index (χ4v) is 6.75. The van der Waals surface area contributed by atoms with E-state index < -0.39 is 0 Å². The maximum Gasteiger partial charge on any atom is 0.136 e. The van der Waals surface area contributed by atoms with Crippen LogP contribution >= 0.6 is 0 Å². The summed E-state index contributed by atoms with van der Waals surface area (Å²) in [5.74, 6) is 0. The van der Waals surface area contributed by atoms with E-state index in [1.54, 1.807) is 0 Å². The van der Waals surface area contributed by atoms with Gasteiger partial charge in [0.2, 0.25) is 0 Å². The van der Waals surface area contributed by atoms with Crippen LogP contribution in [0.15, 0.2) is 185 Å². The van der Waals surface area contributed by atoms with E-state index in [1.807, 2.05) is 66.9 Å². The Balaban J connectivity index is 0.000000400. The van der Waals surface area contributed by atoms with E-state index in [0.717, 1.165) is 33.1 Å². The third-order valence-electron chi connectivity index (χ3n) is 9.23. The van der Waals surface area contributed by atoms with Gasteiger partial charge in [0.25, 0.3) is 0 Å². The lowest BCUT2D eigenvalue weighted by molar-refractivity contribution is 0.669. The molecule has 2 N–H and O–H groups in total. The first-order chi connectivity index (χ1) is 24.7. The minimum absolute atomic E-state index is 0.640. The summed E-state index contributed by atoms with van der Waals surface area (Å²) < 4.78 is 6.27. The molecule has 0 spiro atoms. The summed E-state index contributed by atoms with van der Waals surface area (Å²) in [6, 6.07) is 61.6. The highest BCUT2D eigenvalue weighted by atomic mass is 16.3. The molecule has 0 radical (unpaired) electrons. The first-order valence-corrected chi connectivity index (χ1v) is 17.0. The number of hydrogen-bond donors (Lipinski definition) is 1. The summed E-state index contributed by atoms with van der Waals surface area (Å²) in [5.41, 5.74) is 15.4. The Bertz CT molecular complexity index is 2600. The van der Waals surface area contributed by atoms with E-state index in [2.05, 4.69) is 115 Å². The first-order valence-electron chi connectivity index (χ1n) is 17.0. The number of furan rings is 1. The van der Waals surface area contributed by atoms with Crippen molar-refractivity contribution in [1.82, 2.24) is 0 Å². The van der Waals surface area contributed by atoms with Gasteiger partial charge in [-0.3, -0.25) is 4.99 Å². The highest BCUT2D eigenvalue weighted by Gasteiger charge is 2.13. The molecule has 0 aliphatic carbocycles. The van der Waals surface area contributed by atoms with E-state index in [-0.39, 0.29) is 0 Å². The third-order valence-corrected chi connectivity index (χ3v) is 9.23. The van der Waals surface area contributed by atoms with Crippen LogP contribution in [0.4, 0.5) is 0 Å². The molecule has 1 heterocycles. The van der Waals surface area contributed by atoms with Crippen molar-refractivity contribution in [2.45, 2.75) is 13.1 Å². The lowest BCUT2D eigenvalue weighted by Gasteiger charge is -2.12. The molecule has 0 atom stereocenters. The van der Waals surface area contributed by atoms with Gasteiger partial charge in [-0.1, -0.05) is 146 Å². The van der Waals surface area contributed by atoms with Crippen LogP contribution in [-0.4, -0.2) is 6.21 Å². The van der Waals surface area contributed by atoms with Gasteiger partial charge < -0.3 is 10.2 Å². The smallest absolute Gasteiger partial charge is 0.136 e. The maximum atomic E-state index is 6.27. The molecule has 0 bridgehead atoms. The van der Waals surface area contributed by atoms with Crippen LogP contribution in [0, 0.1) is 0 Å². The number of nitrogens with two attached hydrogens (primary N) is 1. The maximum absolute atomic E-state index is 6.27. The van der Waals surface area contributed by atoms with Crippen molar-refractivity contribution in [3.05, 3.63) is 193 Å². The number of rotatable bonds is 6. The molecule has 0 saturated heterocycles. The van der Waals surface area contributed by atoms with Crippen LogP contribution in [0.3, 0.4) is 0 Å². The number of aliphatic imine (C=N–C) groups is 1. The Kier molecular flexibility index (Phi) is 8.72. The van der Waals surface area contributed by atoms with Gasteiger partial charge >= 0.3 is 0 Å². The monoisotopic (exact) mass is 644 g/mol. The molecule has 50 heavy (non-hydrogen) atoms. The zero-order valence-corrected chi connectivity index (χ0v) is 27.7. The van der Waals surface area contributed by atoms with E-state index in [0.29, 0.717) is 13.1 Å². The minimum atomic E-state index is 0.640. The lowest BCUT2D eigenvalue weighted by Crippen LogP contribution is -1.94. The van der Waals surface area contributed by atoms with Crippen LogP contribution in [-0.2, 0) is 13.1 Å². The molecule has 0 saturated carbocycles. The summed E-state index contributed by atoms with van der Waals surface area (Å²) in [6.07, 6.45) is 1.97. The van der Waals surface area contributed by atoms with Crippen molar-refractivity contribution in [1.29, 1.82) is 0 Å². The van der Waals surface area contributed by atoms with E-state index >= 15 is 0 Å². The molecule has 0 aliphatic rings. The molecule has 9 rings (SSSR count). The molecule has 8 aromatic carbocycles. The molecule has 3 heteroatoms. The van der Waals surface area contributed by atoms with Crippen molar-refractivity contribution in [2.75, 3.05) is 0 Å². The molecule has 0 amide bonds. The highest BCUT2D eigenvalue weighted by Crippen LogP contribution is 2.38. The molecule has 240 valence electrons. The van der Waals surface area contributed by atoms with Gasteiger partial charge in [-0.15, -0.1) is 0 Å². The largest absolute Gasteiger partial charge is 0.456 e. The predicted molar refractivity (Wildman–Crippen MR) is 212 cm³/mol. The van der Waals surface area contributed by atoms with Gasteiger partial charge in [0.1, 0.15) is 11.2 Å². The van der Waals surface area contributed by atoms with Crippen LogP contribution in [0.1, 0.15) is 16.7 Å². The second-order valence-electron chi connectivity index (χ2n) is 12.5.